The lowest BCUT2D eigenvalue weighted by Gasteiger charge is -2.16. The molecule has 0 bridgehead atoms. The van der Waals surface area contributed by atoms with Gasteiger partial charge in [0.15, 0.2) is 0 Å². The molecule has 5 aromatic rings. The molecule has 0 spiro atoms. The summed E-state index contributed by atoms with van der Waals surface area (Å²) in [7, 11) is 0. The maximum Gasteiger partial charge on any atom is -0.00131 e. The van der Waals surface area contributed by atoms with Crippen LogP contribution >= 0.6 is 0 Å². The summed E-state index contributed by atoms with van der Waals surface area (Å²) in [5.74, 6) is 0. The van der Waals surface area contributed by atoms with Crippen LogP contribution in [0.5, 0.6) is 0 Å². The molecule has 0 aliphatic rings. The van der Waals surface area contributed by atoms with Crippen LogP contribution in [0.15, 0.2) is 91.5 Å². The van der Waals surface area contributed by atoms with Crippen LogP contribution in [0.1, 0.15) is 35.6 Å². The molecule has 0 fully saturated rings. The van der Waals surface area contributed by atoms with E-state index in [0.29, 0.717) is 0 Å². The largest absolute Gasteiger partial charge is 0.0984 e. The van der Waals surface area contributed by atoms with Crippen molar-refractivity contribution in [1.29, 1.82) is 0 Å². The highest BCUT2D eigenvalue weighted by Gasteiger charge is 2.13. The first-order valence-electron chi connectivity index (χ1n) is 10.9. The number of hydrogen-bond donors (Lipinski definition) is 0. The molecule has 0 heterocycles. The van der Waals surface area contributed by atoms with Crippen LogP contribution in [-0.4, -0.2) is 0 Å². The Kier molecular flexibility index (Phi) is 4.85. The predicted octanol–water partition coefficient (Wildman–Crippen LogP) is 8.33. The van der Waals surface area contributed by atoms with Gasteiger partial charge in [0.05, 0.1) is 0 Å². The van der Waals surface area contributed by atoms with Crippen molar-refractivity contribution in [2.75, 3.05) is 0 Å². The Morgan fingerprint density at radius 1 is 0.633 bits per heavy atom. The first-order valence-corrected chi connectivity index (χ1v) is 10.9. The van der Waals surface area contributed by atoms with Gasteiger partial charge in [-0.3, -0.25) is 0 Å². The van der Waals surface area contributed by atoms with Gasteiger partial charge in [-0.15, -0.1) is 0 Å². The number of aryl methyl sites for hydroxylation is 1. The summed E-state index contributed by atoms with van der Waals surface area (Å²) in [5.41, 5.74) is 5.49. The summed E-state index contributed by atoms with van der Waals surface area (Å²) in [6.07, 6.45) is 5.18. The first-order chi connectivity index (χ1) is 14.8. The highest BCUT2D eigenvalue weighted by atomic mass is 14.2. The van der Waals surface area contributed by atoms with Crippen LogP contribution in [0.2, 0.25) is 0 Å². The number of hydrogen-bond acceptors (Lipinski definition) is 0. The van der Waals surface area contributed by atoms with Crippen LogP contribution in [0, 0.1) is 0 Å². The zero-order chi connectivity index (χ0) is 20.5. The lowest BCUT2D eigenvalue weighted by atomic mass is 9.88. The standard InChI is InChI=1S/C30H26/c1-3-11-21-18-23(27-14-7-9-16-29(27)25(21)4-2)20-24-19-22-12-5-6-13-26(22)30-17-10-8-15-28(24)30/h4-10,12-19H,2-3,11,20H2,1H3. The number of benzene rings is 5. The Balaban J connectivity index is 1.76. The fourth-order valence-corrected chi connectivity index (χ4v) is 4.88. The van der Waals surface area contributed by atoms with Crippen molar-refractivity contribution in [3.8, 4) is 0 Å². The number of fused-ring (bicyclic) bond motifs is 4. The molecule has 0 nitrogen and oxygen atoms in total. The molecule has 30 heavy (non-hydrogen) atoms. The number of rotatable bonds is 5. The second-order valence-electron chi connectivity index (χ2n) is 8.09. The minimum Gasteiger partial charge on any atom is -0.0984 e. The van der Waals surface area contributed by atoms with Crippen molar-refractivity contribution in [1.82, 2.24) is 0 Å². The second kappa shape index (κ2) is 7.80. The lowest BCUT2D eigenvalue weighted by molar-refractivity contribution is 0.919. The van der Waals surface area contributed by atoms with Crippen molar-refractivity contribution in [3.05, 3.63) is 114 Å². The summed E-state index contributed by atoms with van der Waals surface area (Å²) in [5, 5.41) is 7.99. The van der Waals surface area contributed by atoms with Gasteiger partial charge < -0.3 is 0 Å². The molecule has 0 amide bonds. The summed E-state index contributed by atoms with van der Waals surface area (Å²) >= 11 is 0. The van der Waals surface area contributed by atoms with E-state index in [9.17, 15) is 0 Å². The average Bonchev–Trinajstić information content (AvgIpc) is 2.79. The Morgan fingerprint density at radius 3 is 1.90 bits per heavy atom. The molecule has 0 N–H and O–H groups in total. The third-order valence-corrected chi connectivity index (χ3v) is 6.22. The SMILES string of the molecule is C=Cc1c(CCC)cc(Cc2cc3ccccc3c3ccccc23)c2ccccc12. The molecule has 5 aromatic carbocycles. The maximum absolute atomic E-state index is 4.11. The van der Waals surface area contributed by atoms with E-state index in [1.165, 1.54) is 54.6 Å². The Bertz CT molecular complexity index is 1390. The Labute approximate surface area is 178 Å². The topological polar surface area (TPSA) is 0 Å². The van der Waals surface area contributed by atoms with E-state index in [-0.39, 0.29) is 0 Å². The van der Waals surface area contributed by atoms with Crippen LogP contribution in [0.4, 0.5) is 0 Å². The van der Waals surface area contributed by atoms with E-state index in [4.69, 9.17) is 0 Å². The maximum atomic E-state index is 4.11. The van der Waals surface area contributed by atoms with Crippen molar-refractivity contribution < 1.29 is 0 Å². The molecule has 0 radical (unpaired) electrons. The average molecular weight is 387 g/mol. The summed E-state index contributed by atoms with van der Waals surface area (Å²) < 4.78 is 0. The fraction of sp³-hybridized carbons (Fsp3) is 0.133. The lowest BCUT2D eigenvalue weighted by Crippen LogP contribution is -1.98. The van der Waals surface area contributed by atoms with Crippen molar-refractivity contribution >= 4 is 38.4 Å². The van der Waals surface area contributed by atoms with Crippen molar-refractivity contribution in [3.63, 3.8) is 0 Å². The van der Waals surface area contributed by atoms with E-state index in [0.717, 1.165) is 19.3 Å². The quantitative estimate of drug-likeness (QED) is 0.266. The van der Waals surface area contributed by atoms with Crippen LogP contribution in [0.3, 0.4) is 0 Å². The summed E-state index contributed by atoms with van der Waals surface area (Å²) in [6, 6.07) is 31.1. The Morgan fingerprint density at radius 2 is 1.20 bits per heavy atom. The van der Waals surface area contributed by atoms with Crippen LogP contribution in [-0.2, 0) is 12.8 Å². The predicted molar refractivity (Wildman–Crippen MR) is 132 cm³/mol. The molecule has 0 aromatic heterocycles. The fourth-order valence-electron chi connectivity index (χ4n) is 4.88. The molecule has 0 heteroatoms. The van der Waals surface area contributed by atoms with Gasteiger partial charge in [-0.05, 0) is 67.4 Å². The summed E-state index contributed by atoms with van der Waals surface area (Å²) in [6.45, 7) is 6.36. The summed E-state index contributed by atoms with van der Waals surface area (Å²) in [4.78, 5) is 0. The zero-order valence-electron chi connectivity index (χ0n) is 17.5. The van der Waals surface area contributed by atoms with Crippen molar-refractivity contribution in [2.24, 2.45) is 0 Å². The molecular weight excluding hydrogens is 360 g/mol. The van der Waals surface area contributed by atoms with Gasteiger partial charge in [-0.25, -0.2) is 0 Å². The molecule has 0 atom stereocenters. The van der Waals surface area contributed by atoms with E-state index in [1.54, 1.807) is 0 Å². The van der Waals surface area contributed by atoms with Crippen LogP contribution in [0.25, 0.3) is 38.4 Å². The van der Waals surface area contributed by atoms with Gasteiger partial charge in [-0.2, -0.15) is 0 Å². The molecule has 5 rings (SSSR count). The minimum absolute atomic E-state index is 0.931. The van der Waals surface area contributed by atoms with E-state index in [1.807, 2.05) is 6.08 Å². The second-order valence-corrected chi connectivity index (χ2v) is 8.09. The highest BCUT2D eigenvalue weighted by Crippen LogP contribution is 2.34. The molecule has 0 unspecified atom stereocenters. The highest BCUT2D eigenvalue weighted by molar-refractivity contribution is 6.09. The molecular formula is C30H26. The van der Waals surface area contributed by atoms with Gasteiger partial charge in [-0.1, -0.05) is 111 Å². The molecule has 0 saturated carbocycles. The minimum atomic E-state index is 0.931. The zero-order valence-corrected chi connectivity index (χ0v) is 17.5. The molecule has 146 valence electrons. The van der Waals surface area contributed by atoms with Gasteiger partial charge >= 0.3 is 0 Å². The van der Waals surface area contributed by atoms with Gasteiger partial charge in [0.1, 0.15) is 0 Å². The first kappa shape index (κ1) is 18.6. The van der Waals surface area contributed by atoms with Gasteiger partial charge in [0, 0.05) is 0 Å². The van der Waals surface area contributed by atoms with Crippen LogP contribution < -0.4 is 0 Å². The normalized spacial score (nSPS) is 11.4. The van der Waals surface area contributed by atoms with E-state index >= 15 is 0 Å². The third-order valence-electron chi connectivity index (χ3n) is 6.22. The van der Waals surface area contributed by atoms with Gasteiger partial charge in [0.2, 0.25) is 0 Å². The molecule has 0 aliphatic carbocycles. The third kappa shape index (κ3) is 3.09. The van der Waals surface area contributed by atoms with E-state index < -0.39 is 0 Å². The van der Waals surface area contributed by atoms with Gasteiger partial charge in [0.25, 0.3) is 0 Å². The molecule has 0 aliphatic heterocycles. The molecule has 0 saturated heterocycles. The smallest absolute Gasteiger partial charge is 0.00131 e. The van der Waals surface area contributed by atoms with Crippen molar-refractivity contribution in [2.45, 2.75) is 26.2 Å². The van der Waals surface area contributed by atoms with E-state index in [2.05, 4.69) is 98.4 Å². The monoisotopic (exact) mass is 386 g/mol. The Hall–Kier alpha value is -3.38.